The van der Waals surface area contributed by atoms with Crippen molar-refractivity contribution in [3.05, 3.63) is 63.2 Å². The van der Waals surface area contributed by atoms with Crippen LogP contribution in [0.25, 0.3) is 0 Å². The summed E-state index contributed by atoms with van der Waals surface area (Å²) >= 11 is 0. The maximum Gasteiger partial charge on any atom is 0.270 e. The fourth-order valence-corrected chi connectivity index (χ4v) is 1.95. The van der Waals surface area contributed by atoms with Gasteiger partial charge in [0.2, 0.25) is 0 Å². The molecule has 2 aromatic rings. The molecule has 0 aromatic heterocycles. The number of phenolic OH excluding ortho intramolecular Hbond substituents is 1. The molecule has 0 spiro atoms. The molecule has 108 valence electrons. The van der Waals surface area contributed by atoms with E-state index in [1.807, 2.05) is 0 Å². The standard InChI is InChI=1S/C15H14N2O4/c1-9-3-4-11(17(20)21)8-13(9)15(19)16-14-6-5-12(18)7-10(14)2/h3-8,18H,1-2H3,(H,16,19). The molecule has 6 nitrogen and oxygen atoms in total. The van der Waals surface area contributed by atoms with E-state index in [1.54, 1.807) is 19.9 Å². The number of non-ortho nitro benzene ring substituents is 1. The van der Waals surface area contributed by atoms with Gasteiger partial charge in [-0.3, -0.25) is 14.9 Å². The molecule has 0 bridgehead atoms. The zero-order valence-corrected chi connectivity index (χ0v) is 11.6. The van der Waals surface area contributed by atoms with E-state index < -0.39 is 10.8 Å². The monoisotopic (exact) mass is 286 g/mol. The number of hydrogen-bond acceptors (Lipinski definition) is 4. The molecule has 2 rings (SSSR count). The van der Waals surface area contributed by atoms with Crippen molar-refractivity contribution >= 4 is 17.3 Å². The molecule has 0 fully saturated rings. The number of amides is 1. The number of nitrogens with one attached hydrogen (secondary N) is 1. The first-order valence-electron chi connectivity index (χ1n) is 6.24. The number of phenols is 1. The maximum atomic E-state index is 12.3. The molecule has 0 saturated heterocycles. The van der Waals surface area contributed by atoms with Gasteiger partial charge in [0.1, 0.15) is 5.75 Å². The van der Waals surface area contributed by atoms with Crippen molar-refractivity contribution in [1.29, 1.82) is 0 Å². The van der Waals surface area contributed by atoms with Crippen LogP contribution in [0.2, 0.25) is 0 Å². The quantitative estimate of drug-likeness (QED) is 0.515. The third-order valence-corrected chi connectivity index (χ3v) is 3.13. The molecule has 0 heterocycles. The predicted molar refractivity (Wildman–Crippen MR) is 78.6 cm³/mol. The predicted octanol–water partition coefficient (Wildman–Crippen LogP) is 3.17. The Morgan fingerprint density at radius 2 is 1.86 bits per heavy atom. The second kappa shape index (κ2) is 5.62. The number of rotatable bonds is 3. The van der Waals surface area contributed by atoms with Crippen LogP contribution in [0, 0.1) is 24.0 Å². The first-order chi connectivity index (χ1) is 9.88. The third kappa shape index (κ3) is 3.17. The van der Waals surface area contributed by atoms with Gasteiger partial charge in [-0.05, 0) is 43.2 Å². The van der Waals surface area contributed by atoms with Gasteiger partial charge in [-0.25, -0.2) is 0 Å². The van der Waals surface area contributed by atoms with E-state index in [4.69, 9.17) is 0 Å². The molecule has 1 amide bonds. The molecule has 0 unspecified atom stereocenters. The van der Waals surface area contributed by atoms with E-state index in [0.29, 0.717) is 16.8 Å². The molecule has 21 heavy (non-hydrogen) atoms. The van der Waals surface area contributed by atoms with Gasteiger partial charge in [-0.2, -0.15) is 0 Å². The van der Waals surface area contributed by atoms with Crippen LogP contribution in [0.15, 0.2) is 36.4 Å². The average Bonchev–Trinajstić information content (AvgIpc) is 2.42. The number of nitro groups is 1. The number of anilines is 1. The molecule has 0 aliphatic rings. The molecule has 0 aliphatic heterocycles. The number of aryl methyl sites for hydroxylation is 2. The Hall–Kier alpha value is -2.89. The van der Waals surface area contributed by atoms with Crippen LogP contribution in [-0.4, -0.2) is 15.9 Å². The number of carbonyl (C=O) groups is 1. The molecular weight excluding hydrogens is 272 g/mol. The van der Waals surface area contributed by atoms with Gasteiger partial charge in [0.15, 0.2) is 0 Å². The van der Waals surface area contributed by atoms with Crippen molar-refractivity contribution in [2.24, 2.45) is 0 Å². The Balaban J connectivity index is 2.32. The summed E-state index contributed by atoms with van der Waals surface area (Å²) in [5.41, 5.74) is 2.01. The second-order valence-corrected chi connectivity index (χ2v) is 4.71. The van der Waals surface area contributed by atoms with Gasteiger partial charge in [-0.1, -0.05) is 6.07 Å². The van der Waals surface area contributed by atoms with Crippen molar-refractivity contribution in [2.75, 3.05) is 5.32 Å². The van der Waals surface area contributed by atoms with Crippen LogP contribution in [-0.2, 0) is 0 Å². The fraction of sp³-hybridized carbons (Fsp3) is 0.133. The highest BCUT2D eigenvalue weighted by Crippen LogP contribution is 2.22. The summed E-state index contributed by atoms with van der Waals surface area (Å²) in [6.07, 6.45) is 0. The summed E-state index contributed by atoms with van der Waals surface area (Å²) in [4.78, 5) is 22.5. The second-order valence-electron chi connectivity index (χ2n) is 4.71. The van der Waals surface area contributed by atoms with E-state index >= 15 is 0 Å². The van der Waals surface area contributed by atoms with Gasteiger partial charge in [0.05, 0.1) is 4.92 Å². The van der Waals surface area contributed by atoms with Crippen molar-refractivity contribution in [2.45, 2.75) is 13.8 Å². The average molecular weight is 286 g/mol. The summed E-state index contributed by atoms with van der Waals surface area (Å²) in [6, 6.07) is 8.71. The topological polar surface area (TPSA) is 92.5 Å². The molecule has 0 atom stereocenters. The Bertz CT molecular complexity index is 726. The number of nitro benzene ring substituents is 1. The summed E-state index contributed by atoms with van der Waals surface area (Å²) in [5.74, 6) is -0.318. The minimum atomic E-state index is -0.540. The van der Waals surface area contributed by atoms with E-state index in [0.717, 1.165) is 0 Å². The lowest BCUT2D eigenvalue weighted by Crippen LogP contribution is -2.14. The van der Waals surface area contributed by atoms with E-state index in [-0.39, 0.29) is 17.0 Å². The van der Waals surface area contributed by atoms with Crippen molar-refractivity contribution in [3.63, 3.8) is 0 Å². The summed E-state index contributed by atoms with van der Waals surface area (Å²) < 4.78 is 0. The molecule has 2 N–H and O–H groups in total. The highest BCUT2D eigenvalue weighted by Gasteiger charge is 2.15. The number of carbonyl (C=O) groups excluding carboxylic acids is 1. The lowest BCUT2D eigenvalue weighted by molar-refractivity contribution is -0.384. The van der Waals surface area contributed by atoms with Crippen molar-refractivity contribution < 1.29 is 14.8 Å². The van der Waals surface area contributed by atoms with Crippen LogP contribution in [0.1, 0.15) is 21.5 Å². The number of hydrogen-bond donors (Lipinski definition) is 2. The highest BCUT2D eigenvalue weighted by atomic mass is 16.6. The van der Waals surface area contributed by atoms with Crippen LogP contribution in [0.4, 0.5) is 11.4 Å². The van der Waals surface area contributed by atoms with Gasteiger partial charge in [-0.15, -0.1) is 0 Å². The van der Waals surface area contributed by atoms with E-state index in [9.17, 15) is 20.0 Å². The summed E-state index contributed by atoms with van der Waals surface area (Å²) in [6.45, 7) is 3.46. The molecule has 0 radical (unpaired) electrons. The van der Waals surface area contributed by atoms with Crippen LogP contribution in [0.3, 0.4) is 0 Å². The van der Waals surface area contributed by atoms with Gasteiger partial charge < -0.3 is 10.4 Å². The van der Waals surface area contributed by atoms with E-state index in [1.165, 1.54) is 30.3 Å². The van der Waals surface area contributed by atoms with Gasteiger partial charge in [0.25, 0.3) is 11.6 Å². The molecular formula is C15H14N2O4. The highest BCUT2D eigenvalue weighted by molar-refractivity contribution is 6.06. The summed E-state index contributed by atoms with van der Waals surface area (Å²) in [5, 5.41) is 22.8. The molecule has 2 aromatic carbocycles. The lowest BCUT2D eigenvalue weighted by atomic mass is 10.1. The van der Waals surface area contributed by atoms with Gasteiger partial charge in [0, 0.05) is 23.4 Å². The summed E-state index contributed by atoms with van der Waals surface area (Å²) in [7, 11) is 0. The maximum absolute atomic E-state index is 12.3. The van der Waals surface area contributed by atoms with Crippen LogP contribution < -0.4 is 5.32 Å². The minimum absolute atomic E-state index is 0.108. The van der Waals surface area contributed by atoms with Crippen LogP contribution >= 0.6 is 0 Å². The smallest absolute Gasteiger partial charge is 0.270 e. The van der Waals surface area contributed by atoms with Gasteiger partial charge >= 0.3 is 0 Å². The first kappa shape index (κ1) is 14.5. The largest absolute Gasteiger partial charge is 0.508 e. The molecule has 6 heteroatoms. The first-order valence-corrected chi connectivity index (χ1v) is 6.24. The van der Waals surface area contributed by atoms with Crippen molar-refractivity contribution in [1.82, 2.24) is 0 Å². The molecule has 0 saturated carbocycles. The Kier molecular flexibility index (Phi) is 3.89. The number of aromatic hydroxyl groups is 1. The normalized spacial score (nSPS) is 10.2. The third-order valence-electron chi connectivity index (χ3n) is 3.13. The lowest BCUT2D eigenvalue weighted by Gasteiger charge is -2.10. The van der Waals surface area contributed by atoms with Crippen molar-refractivity contribution in [3.8, 4) is 5.75 Å². The molecule has 0 aliphatic carbocycles. The Morgan fingerprint density at radius 3 is 2.48 bits per heavy atom. The number of nitrogens with zero attached hydrogens (tertiary/aromatic N) is 1. The Labute approximate surface area is 121 Å². The zero-order valence-electron chi connectivity index (χ0n) is 11.6. The Morgan fingerprint density at radius 1 is 1.14 bits per heavy atom. The minimum Gasteiger partial charge on any atom is -0.508 e. The zero-order chi connectivity index (χ0) is 15.6. The SMILES string of the molecule is Cc1cc(O)ccc1NC(=O)c1cc([N+](=O)[O-])ccc1C. The van der Waals surface area contributed by atoms with E-state index in [2.05, 4.69) is 5.32 Å². The fourth-order valence-electron chi connectivity index (χ4n) is 1.95. The van der Waals surface area contributed by atoms with Crippen LogP contribution in [0.5, 0.6) is 5.75 Å². The number of benzene rings is 2.